The molecule has 0 aliphatic heterocycles. The summed E-state index contributed by atoms with van der Waals surface area (Å²) < 4.78 is 0. The van der Waals surface area contributed by atoms with E-state index in [2.05, 4.69) is 26.8 Å². The van der Waals surface area contributed by atoms with Crippen molar-refractivity contribution in [2.24, 2.45) is 17.1 Å². The van der Waals surface area contributed by atoms with Crippen LogP contribution in [0.15, 0.2) is 24.3 Å². The van der Waals surface area contributed by atoms with Crippen molar-refractivity contribution in [3.8, 4) is 0 Å². The van der Waals surface area contributed by atoms with Gasteiger partial charge >= 0.3 is 0 Å². The molecule has 1 aliphatic carbocycles. The van der Waals surface area contributed by atoms with Gasteiger partial charge in [0, 0.05) is 10.6 Å². The van der Waals surface area contributed by atoms with Crippen molar-refractivity contribution in [1.82, 2.24) is 0 Å². The van der Waals surface area contributed by atoms with Gasteiger partial charge in [-0.05, 0) is 41.9 Å². The van der Waals surface area contributed by atoms with Crippen LogP contribution in [0.3, 0.4) is 0 Å². The molecule has 0 spiro atoms. The maximum Gasteiger partial charge on any atom is 0.0415 e. The molecule has 2 rings (SSSR count). The Morgan fingerprint density at radius 3 is 2.44 bits per heavy atom. The second kappa shape index (κ2) is 3.75. The van der Waals surface area contributed by atoms with E-state index in [9.17, 15) is 0 Å². The molecule has 1 fully saturated rings. The van der Waals surface area contributed by atoms with Crippen LogP contribution in [0.4, 0.5) is 0 Å². The summed E-state index contributed by atoms with van der Waals surface area (Å²) in [6, 6.07) is 7.97. The quantitative estimate of drug-likeness (QED) is 0.787. The predicted octanol–water partition coefficient (Wildman–Crippen LogP) is 3.95. The van der Waals surface area contributed by atoms with E-state index in [0.717, 1.165) is 23.8 Å². The smallest absolute Gasteiger partial charge is 0.0415 e. The largest absolute Gasteiger partial charge is 0.321 e. The summed E-state index contributed by atoms with van der Waals surface area (Å²) in [7, 11) is 0. The van der Waals surface area contributed by atoms with Gasteiger partial charge in [0.1, 0.15) is 0 Å². The molecule has 2 N–H and O–H groups in total. The van der Waals surface area contributed by atoms with Crippen molar-refractivity contribution in [1.29, 1.82) is 0 Å². The van der Waals surface area contributed by atoms with Gasteiger partial charge < -0.3 is 5.73 Å². The van der Waals surface area contributed by atoms with E-state index in [-0.39, 0.29) is 5.54 Å². The summed E-state index contributed by atoms with van der Waals surface area (Å²) in [5.74, 6) is 0.719. The number of hydrogen-bond acceptors (Lipinski definition) is 1. The molecule has 0 bridgehead atoms. The van der Waals surface area contributed by atoms with Crippen LogP contribution in [0.25, 0.3) is 0 Å². The molecule has 1 aliphatic rings. The van der Waals surface area contributed by atoms with Gasteiger partial charge in [-0.3, -0.25) is 0 Å². The van der Waals surface area contributed by atoms with Gasteiger partial charge in [0.2, 0.25) is 0 Å². The summed E-state index contributed by atoms with van der Waals surface area (Å²) in [6.07, 6.45) is 2.13. The molecule has 0 unspecified atom stereocenters. The average Bonchev–Trinajstić information content (AvgIpc) is 2.11. The lowest BCUT2D eigenvalue weighted by atomic mass is 9.57. The highest BCUT2D eigenvalue weighted by Crippen LogP contribution is 2.51. The lowest BCUT2D eigenvalue weighted by Gasteiger charge is -2.51. The van der Waals surface area contributed by atoms with Gasteiger partial charge in [-0.1, -0.05) is 44.5 Å². The van der Waals surface area contributed by atoms with Crippen LogP contribution in [0.5, 0.6) is 0 Å². The van der Waals surface area contributed by atoms with Crippen LogP contribution >= 0.6 is 11.6 Å². The standard InChI is InChI=1S/C14H20ClN/c1-13(2,3)11-8-14(16,9-11)10-5-4-6-12(15)7-10/h4-7,11H,8-9,16H2,1-3H3. The van der Waals surface area contributed by atoms with Crippen LogP contribution in [0, 0.1) is 11.3 Å². The maximum atomic E-state index is 6.42. The first-order valence-electron chi connectivity index (χ1n) is 5.86. The Morgan fingerprint density at radius 1 is 1.31 bits per heavy atom. The van der Waals surface area contributed by atoms with Gasteiger partial charge in [0.25, 0.3) is 0 Å². The van der Waals surface area contributed by atoms with Crippen molar-refractivity contribution < 1.29 is 0 Å². The molecule has 1 nitrogen and oxygen atoms in total. The molecule has 16 heavy (non-hydrogen) atoms. The molecule has 1 aromatic carbocycles. The lowest BCUT2D eigenvalue weighted by molar-refractivity contribution is 0.0490. The highest BCUT2D eigenvalue weighted by atomic mass is 35.5. The molecule has 1 aromatic rings. The SMILES string of the molecule is CC(C)(C)C1CC(N)(c2cccc(Cl)c2)C1. The topological polar surface area (TPSA) is 26.0 Å². The highest BCUT2D eigenvalue weighted by molar-refractivity contribution is 6.30. The maximum absolute atomic E-state index is 6.42. The first kappa shape index (κ1) is 11.9. The Morgan fingerprint density at radius 2 is 1.94 bits per heavy atom. The zero-order valence-corrected chi connectivity index (χ0v) is 11.0. The summed E-state index contributed by atoms with van der Waals surface area (Å²) in [5.41, 5.74) is 7.82. The molecular formula is C14H20ClN. The molecule has 0 heterocycles. The van der Waals surface area contributed by atoms with Crippen LogP contribution in [-0.2, 0) is 5.54 Å². The third-order valence-corrected chi connectivity index (χ3v) is 4.08. The molecule has 0 atom stereocenters. The molecule has 0 saturated heterocycles. The fourth-order valence-electron chi connectivity index (χ4n) is 2.47. The highest BCUT2D eigenvalue weighted by Gasteiger charge is 2.46. The predicted molar refractivity (Wildman–Crippen MR) is 69.5 cm³/mol. The van der Waals surface area contributed by atoms with Crippen molar-refractivity contribution in [2.75, 3.05) is 0 Å². The van der Waals surface area contributed by atoms with Crippen molar-refractivity contribution in [3.05, 3.63) is 34.9 Å². The first-order chi connectivity index (χ1) is 7.31. The first-order valence-corrected chi connectivity index (χ1v) is 6.24. The average molecular weight is 238 g/mol. The number of halogens is 1. The van der Waals surface area contributed by atoms with E-state index in [1.807, 2.05) is 18.2 Å². The summed E-state index contributed by atoms with van der Waals surface area (Å²) >= 11 is 6.00. The molecule has 2 heteroatoms. The Bertz CT molecular complexity index is 386. The second-order valence-electron chi connectivity index (χ2n) is 6.14. The van der Waals surface area contributed by atoms with Crippen LogP contribution in [0.1, 0.15) is 39.2 Å². The molecule has 0 radical (unpaired) electrons. The van der Waals surface area contributed by atoms with Crippen LogP contribution < -0.4 is 5.73 Å². The van der Waals surface area contributed by atoms with E-state index in [4.69, 9.17) is 17.3 Å². The molecule has 0 amide bonds. The minimum absolute atomic E-state index is 0.150. The zero-order chi connectivity index (χ0) is 12.0. The minimum atomic E-state index is -0.150. The molecule has 88 valence electrons. The van der Waals surface area contributed by atoms with E-state index < -0.39 is 0 Å². The number of nitrogens with two attached hydrogens (primary N) is 1. The van der Waals surface area contributed by atoms with Gasteiger partial charge in [0.05, 0.1) is 0 Å². The zero-order valence-electron chi connectivity index (χ0n) is 10.3. The van der Waals surface area contributed by atoms with E-state index in [0.29, 0.717) is 5.41 Å². The van der Waals surface area contributed by atoms with Gasteiger partial charge in [-0.25, -0.2) is 0 Å². The van der Waals surface area contributed by atoms with E-state index in [1.165, 1.54) is 5.56 Å². The normalized spacial score (nSPS) is 29.9. The van der Waals surface area contributed by atoms with Gasteiger partial charge in [-0.15, -0.1) is 0 Å². The Balaban J connectivity index is 2.14. The summed E-state index contributed by atoms with van der Waals surface area (Å²) in [5, 5.41) is 0.779. The third kappa shape index (κ3) is 2.11. The molecule has 1 saturated carbocycles. The van der Waals surface area contributed by atoms with Crippen molar-refractivity contribution in [2.45, 2.75) is 39.2 Å². The van der Waals surface area contributed by atoms with Crippen molar-refractivity contribution in [3.63, 3.8) is 0 Å². The monoisotopic (exact) mass is 237 g/mol. The second-order valence-corrected chi connectivity index (χ2v) is 6.57. The third-order valence-electron chi connectivity index (χ3n) is 3.85. The van der Waals surface area contributed by atoms with Crippen molar-refractivity contribution >= 4 is 11.6 Å². The summed E-state index contributed by atoms with van der Waals surface area (Å²) in [4.78, 5) is 0. The fraction of sp³-hybridized carbons (Fsp3) is 0.571. The Kier molecular flexibility index (Phi) is 2.80. The number of hydrogen-bond donors (Lipinski definition) is 1. The van der Waals surface area contributed by atoms with E-state index in [1.54, 1.807) is 0 Å². The number of benzene rings is 1. The van der Waals surface area contributed by atoms with Gasteiger partial charge in [0.15, 0.2) is 0 Å². The number of rotatable bonds is 1. The van der Waals surface area contributed by atoms with Crippen LogP contribution in [0.2, 0.25) is 5.02 Å². The van der Waals surface area contributed by atoms with E-state index >= 15 is 0 Å². The lowest BCUT2D eigenvalue weighted by Crippen LogP contribution is -2.52. The molecular weight excluding hydrogens is 218 g/mol. The van der Waals surface area contributed by atoms with Gasteiger partial charge in [-0.2, -0.15) is 0 Å². The fourth-order valence-corrected chi connectivity index (χ4v) is 2.66. The minimum Gasteiger partial charge on any atom is -0.321 e. The van der Waals surface area contributed by atoms with Crippen LogP contribution in [-0.4, -0.2) is 0 Å². The molecule has 0 aromatic heterocycles. The Labute approximate surface area is 103 Å². The Hall–Kier alpha value is -0.530. The summed E-state index contributed by atoms with van der Waals surface area (Å²) in [6.45, 7) is 6.86.